The lowest BCUT2D eigenvalue weighted by Crippen LogP contribution is -2.51. The highest BCUT2D eigenvalue weighted by Crippen LogP contribution is 2.21. The number of carboxylic acid groups (broad SMARTS) is 1. The molecule has 0 aliphatic heterocycles. The second-order valence-electron chi connectivity index (χ2n) is 3.91. The first-order valence-corrected chi connectivity index (χ1v) is 6.79. The fraction of sp³-hybridized carbons (Fsp3) is 0.455. The molecular formula is C11H15ClN2O4S. The summed E-state index contributed by atoms with van der Waals surface area (Å²) in [5.74, 6) is -1.28. The van der Waals surface area contributed by atoms with Gasteiger partial charge in [0.25, 0.3) is 0 Å². The maximum absolute atomic E-state index is 11.4. The molecule has 0 aliphatic rings. The number of carbonyl (C=O) groups is 2. The van der Waals surface area contributed by atoms with E-state index in [-0.39, 0.29) is 0 Å². The lowest BCUT2D eigenvalue weighted by molar-refractivity contribution is -0.141. The number of amides is 2. The Hall–Kier alpha value is -1.31. The predicted octanol–water partition coefficient (Wildman–Crippen LogP) is 1.08. The van der Waals surface area contributed by atoms with Gasteiger partial charge in [-0.2, -0.15) is 0 Å². The molecule has 19 heavy (non-hydrogen) atoms. The van der Waals surface area contributed by atoms with Crippen LogP contribution >= 0.6 is 22.9 Å². The van der Waals surface area contributed by atoms with Crippen molar-refractivity contribution in [3.05, 3.63) is 21.3 Å². The van der Waals surface area contributed by atoms with Crippen molar-refractivity contribution < 1.29 is 19.8 Å². The summed E-state index contributed by atoms with van der Waals surface area (Å²) < 4.78 is 0.680. The number of halogens is 1. The summed E-state index contributed by atoms with van der Waals surface area (Å²) in [6.07, 6.45) is -0.559. The van der Waals surface area contributed by atoms with Gasteiger partial charge in [0, 0.05) is 11.4 Å². The van der Waals surface area contributed by atoms with Gasteiger partial charge in [0.05, 0.1) is 10.4 Å². The van der Waals surface area contributed by atoms with Gasteiger partial charge in [-0.15, -0.1) is 11.3 Å². The molecule has 0 aliphatic carbocycles. The predicted molar refractivity (Wildman–Crippen MR) is 72.7 cm³/mol. The van der Waals surface area contributed by atoms with Crippen LogP contribution < -0.4 is 10.6 Å². The third-order valence-electron chi connectivity index (χ3n) is 2.32. The highest BCUT2D eigenvalue weighted by molar-refractivity contribution is 7.16. The average Bonchev–Trinajstić information content (AvgIpc) is 2.71. The number of carbonyl (C=O) groups excluding carboxylic acids is 1. The zero-order valence-electron chi connectivity index (χ0n) is 10.2. The molecule has 1 aromatic heterocycles. The number of thiophene rings is 1. The maximum atomic E-state index is 11.4. The summed E-state index contributed by atoms with van der Waals surface area (Å²) in [6, 6.07) is 1.69. The quantitative estimate of drug-likeness (QED) is 0.632. The fourth-order valence-electron chi connectivity index (χ4n) is 1.37. The number of hydrogen-bond donors (Lipinski definition) is 4. The third kappa shape index (κ3) is 5.46. The molecule has 1 rings (SSSR count). The topological polar surface area (TPSA) is 98.7 Å². The average molecular weight is 307 g/mol. The van der Waals surface area contributed by atoms with Gasteiger partial charge in [-0.25, -0.2) is 9.59 Å². The molecule has 1 aromatic rings. The van der Waals surface area contributed by atoms with Gasteiger partial charge in [-0.1, -0.05) is 11.6 Å². The van der Waals surface area contributed by atoms with Crippen LogP contribution in [0.4, 0.5) is 4.79 Å². The van der Waals surface area contributed by atoms with Crippen molar-refractivity contribution in [1.29, 1.82) is 0 Å². The summed E-state index contributed by atoms with van der Waals surface area (Å²) >= 11 is 7.19. The Morgan fingerprint density at radius 3 is 2.63 bits per heavy atom. The van der Waals surface area contributed by atoms with Crippen LogP contribution in [-0.2, 0) is 11.2 Å². The van der Waals surface area contributed by atoms with E-state index in [2.05, 4.69) is 10.6 Å². The summed E-state index contributed by atoms with van der Waals surface area (Å²) in [5, 5.41) is 22.7. The van der Waals surface area contributed by atoms with E-state index < -0.39 is 24.1 Å². The van der Waals surface area contributed by atoms with Crippen LogP contribution in [0, 0.1) is 0 Å². The van der Waals surface area contributed by atoms with Crippen LogP contribution in [0.3, 0.4) is 0 Å². The SMILES string of the molecule is CC(O)C(NC(=O)NCCc1ccc(Cl)s1)C(=O)O. The standard InChI is InChI=1S/C11H15ClN2O4S/c1-6(15)9(10(16)17)14-11(18)13-5-4-7-2-3-8(12)19-7/h2-3,6,9,15H,4-5H2,1H3,(H,16,17)(H2,13,14,18). The Balaban J connectivity index is 2.33. The molecule has 0 spiro atoms. The summed E-state index contributed by atoms with van der Waals surface area (Å²) in [4.78, 5) is 23.2. The Labute approximate surface area is 119 Å². The second-order valence-corrected chi connectivity index (χ2v) is 5.71. The number of rotatable bonds is 6. The van der Waals surface area contributed by atoms with Crippen molar-refractivity contribution in [1.82, 2.24) is 10.6 Å². The summed E-state index contributed by atoms with van der Waals surface area (Å²) in [6.45, 7) is 1.65. The molecule has 1 heterocycles. The number of urea groups is 1. The minimum absolute atomic E-state index is 0.356. The first kappa shape index (κ1) is 15.7. The van der Waals surface area contributed by atoms with Gasteiger partial charge >= 0.3 is 12.0 Å². The number of aliphatic hydroxyl groups is 1. The second kappa shape index (κ2) is 7.32. The summed E-state index contributed by atoms with van der Waals surface area (Å²) in [5.41, 5.74) is 0. The molecular weight excluding hydrogens is 292 g/mol. The minimum atomic E-state index is -1.32. The van der Waals surface area contributed by atoms with Gasteiger partial charge in [0.15, 0.2) is 6.04 Å². The highest BCUT2D eigenvalue weighted by atomic mass is 35.5. The molecule has 2 amide bonds. The molecule has 0 aromatic carbocycles. The lowest BCUT2D eigenvalue weighted by atomic mass is 10.2. The van der Waals surface area contributed by atoms with Crippen LogP contribution in [-0.4, -0.2) is 40.9 Å². The first-order valence-electron chi connectivity index (χ1n) is 5.59. The van der Waals surface area contributed by atoms with Crippen molar-refractivity contribution in [2.24, 2.45) is 0 Å². The van der Waals surface area contributed by atoms with Crippen LogP contribution in [0.5, 0.6) is 0 Å². The molecule has 2 unspecified atom stereocenters. The van der Waals surface area contributed by atoms with E-state index in [0.717, 1.165) is 4.88 Å². The van der Waals surface area contributed by atoms with E-state index in [1.807, 2.05) is 6.07 Å². The van der Waals surface area contributed by atoms with Gasteiger partial charge in [-0.05, 0) is 25.5 Å². The fourth-order valence-corrected chi connectivity index (χ4v) is 2.45. The van der Waals surface area contributed by atoms with Crippen LogP contribution in [0.15, 0.2) is 12.1 Å². The molecule has 0 saturated carbocycles. The van der Waals surface area contributed by atoms with E-state index in [1.54, 1.807) is 6.07 Å². The van der Waals surface area contributed by atoms with Gasteiger partial charge < -0.3 is 20.8 Å². The number of hydrogen-bond acceptors (Lipinski definition) is 4. The van der Waals surface area contributed by atoms with Crippen molar-refractivity contribution >= 4 is 34.9 Å². The Morgan fingerprint density at radius 2 is 2.16 bits per heavy atom. The molecule has 0 radical (unpaired) electrons. The largest absolute Gasteiger partial charge is 0.480 e. The Morgan fingerprint density at radius 1 is 1.47 bits per heavy atom. The zero-order chi connectivity index (χ0) is 14.4. The number of aliphatic carboxylic acids is 1. The molecule has 0 bridgehead atoms. The molecule has 106 valence electrons. The molecule has 8 heteroatoms. The molecule has 2 atom stereocenters. The van der Waals surface area contributed by atoms with Crippen LogP contribution in [0.1, 0.15) is 11.8 Å². The van der Waals surface area contributed by atoms with Crippen molar-refractivity contribution in [3.8, 4) is 0 Å². The number of nitrogens with one attached hydrogen (secondary N) is 2. The monoisotopic (exact) mass is 306 g/mol. The highest BCUT2D eigenvalue weighted by Gasteiger charge is 2.24. The van der Waals surface area contributed by atoms with E-state index >= 15 is 0 Å². The van der Waals surface area contributed by atoms with Gasteiger partial charge in [0.1, 0.15) is 0 Å². The van der Waals surface area contributed by atoms with Crippen molar-refractivity contribution in [2.75, 3.05) is 6.54 Å². The minimum Gasteiger partial charge on any atom is -0.480 e. The van der Waals surface area contributed by atoms with E-state index in [0.29, 0.717) is 17.3 Å². The van der Waals surface area contributed by atoms with Gasteiger partial charge in [-0.3, -0.25) is 0 Å². The lowest BCUT2D eigenvalue weighted by Gasteiger charge is -2.17. The Kier molecular flexibility index (Phi) is 6.07. The van der Waals surface area contributed by atoms with E-state index in [1.165, 1.54) is 18.3 Å². The van der Waals surface area contributed by atoms with Crippen molar-refractivity contribution in [2.45, 2.75) is 25.5 Å². The zero-order valence-corrected chi connectivity index (χ0v) is 11.8. The summed E-state index contributed by atoms with van der Waals surface area (Å²) in [7, 11) is 0. The van der Waals surface area contributed by atoms with Crippen LogP contribution in [0.2, 0.25) is 4.34 Å². The van der Waals surface area contributed by atoms with Crippen molar-refractivity contribution in [3.63, 3.8) is 0 Å². The first-order chi connectivity index (χ1) is 8.90. The molecule has 4 N–H and O–H groups in total. The third-order valence-corrected chi connectivity index (χ3v) is 3.61. The van der Waals surface area contributed by atoms with Crippen LogP contribution in [0.25, 0.3) is 0 Å². The maximum Gasteiger partial charge on any atom is 0.328 e. The molecule has 0 saturated heterocycles. The normalized spacial score (nSPS) is 13.6. The van der Waals surface area contributed by atoms with E-state index in [9.17, 15) is 14.7 Å². The smallest absolute Gasteiger partial charge is 0.328 e. The molecule has 6 nitrogen and oxygen atoms in total. The number of carboxylic acids is 1. The number of aliphatic hydroxyl groups excluding tert-OH is 1. The van der Waals surface area contributed by atoms with E-state index in [4.69, 9.17) is 16.7 Å². The molecule has 0 fully saturated rings. The Bertz CT molecular complexity index is 450. The van der Waals surface area contributed by atoms with Gasteiger partial charge in [0.2, 0.25) is 0 Å².